The second kappa shape index (κ2) is 4.47. The molecule has 0 aliphatic heterocycles. The Hall–Kier alpha value is -0.000000000000000167. The molecule has 0 amide bonds. The van der Waals surface area contributed by atoms with Crippen molar-refractivity contribution in [1.29, 1.82) is 0 Å². The fourth-order valence-electron chi connectivity index (χ4n) is 1.26. The molecule has 0 radical (unpaired) electrons. The molecule has 2 N–H and O–H groups in total. The third-order valence-electron chi connectivity index (χ3n) is 2.00. The van der Waals surface area contributed by atoms with Gasteiger partial charge in [-0.05, 0) is 28.1 Å². The Kier molecular flexibility index (Phi) is 3.42. The van der Waals surface area contributed by atoms with Gasteiger partial charge in [0, 0.05) is 11.1 Å². The highest BCUT2D eigenvalue weighted by molar-refractivity contribution is 9.10. The van der Waals surface area contributed by atoms with Crippen molar-refractivity contribution >= 4 is 50.5 Å². The summed E-state index contributed by atoms with van der Waals surface area (Å²) in [6, 6.07) is 3.25. The topological polar surface area (TPSA) is 39.2 Å². The quantitative estimate of drug-likeness (QED) is 0.885. The van der Waals surface area contributed by atoms with Crippen molar-refractivity contribution in [3.05, 3.63) is 42.9 Å². The standard InChI is InChI=1S/C9H6BrCl2NOS/c10-8-4(1-2-14-8)7(13)5-3-6(11)15-9(5)12/h1-3,7H,13H2. The molecule has 0 aromatic carbocycles. The van der Waals surface area contributed by atoms with Gasteiger partial charge in [-0.1, -0.05) is 23.2 Å². The summed E-state index contributed by atoms with van der Waals surface area (Å²) in [7, 11) is 0. The van der Waals surface area contributed by atoms with Gasteiger partial charge in [-0.25, -0.2) is 0 Å². The number of nitrogens with two attached hydrogens (primary N) is 1. The molecule has 2 nitrogen and oxygen atoms in total. The molecule has 2 heterocycles. The van der Waals surface area contributed by atoms with Gasteiger partial charge in [0.25, 0.3) is 0 Å². The van der Waals surface area contributed by atoms with Gasteiger partial charge in [0.05, 0.1) is 21.0 Å². The minimum absolute atomic E-state index is 0.325. The highest BCUT2D eigenvalue weighted by Crippen LogP contribution is 2.38. The van der Waals surface area contributed by atoms with Crippen LogP contribution in [0.2, 0.25) is 8.67 Å². The average molecular weight is 327 g/mol. The Morgan fingerprint density at radius 1 is 1.40 bits per heavy atom. The van der Waals surface area contributed by atoms with Gasteiger partial charge in [0.1, 0.15) is 0 Å². The average Bonchev–Trinajstić information content (AvgIpc) is 2.71. The van der Waals surface area contributed by atoms with Crippen molar-refractivity contribution in [2.24, 2.45) is 5.73 Å². The summed E-state index contributed by atoms with van der Waals surface area (Å²) >= 11 is 16.5. The van der Waals surface area contributed by atoms with Gasteiger partial charge >= 0.3 is 0 Å². The third-order valence-corrected chi connectivity index (χ3v) is 4.16. The Bertz CT molecular complexity index is 482. The van der Waals surface area contributed by atoms with Crippen molar-refractivity contribution in [2.45, 2.75) is 6.04 Å². The summed E-state index contributed by atoms with van der Waals surface area (Å²) in [6.45, 7) is 0. The minimum Gasteiger partial charge on any atom is -0.457 e. The summed E-state index contributed by atoms with van der Waals surface area (Å²) < 4.78 is 6.98. The summed E-state index contributed by atoms with van der Waals surface area (Å²) in [5.74, 6) is 0. The predicted octanol–water partition coefficient (Wildman–Crippen LogP) is 4.46. The van der Waals surface area contributed by atoms with Gasteiger partial charge in [0.15, 0.2) is 4.67 Å². The molecule has 6 heteroatoms. The van der Waals surface area contributed by atoms with Crippen LogP contribution in [0, 0.1) is 0 Å². The summed E-state index contributed by atoms with van der Waals surface area (Å²) in [4.78, 5) is 0. The molecule has 2 rings (SSSR count). The Labute approximate surface area is 109 Å². The number of furan rings is 1. The van der Waals surface area contributed by atoms with Gasteiger partial charge < -0.3 is 10.2 Å². The van der Waals surface area contributed by atoms with Crippen LogP contribution in [-0.4, -0.2) is 0 Å². The lowest BCUT2D eigenvalue weighted by molar-refractivity contribution is 0.535. The van der Waals surface area contributed by atoms with Gasteiger partial charge in [-0.3, -0.25) is 0 Å². The second-order valence-electron chi connectivity index (χ2n) is 2.91. The van der Waals surface area contributed by atoms with E-state index in [-0.39, 0.29) is 6.04 Å². The van der Waals surface area contributed by atoms with E-state index in [1.165, 1.54) is 11.3 Å². The van der Waals surface area contributed by atoms with Crippen LogP contribution in [0.1, 0.15) is 17.2 Å². The van der Waals surface area contributed by atoms with E-state index in [9.17, 15) is 0 Å². The minimum atomic E-state index is -0.325. The lowest BCUT2D eigenvalue weighted by Crippen LogP contribution is -2.10. The first-order valence-corrected chi connectivity index (χ1v) is 6.39. The highest BCUT2D eigenvalue weighted by Gasteiger charge is 2.19. The lowest BCUT2D eigenvalue weighted by atomic mass is 10.1. The Morgan fingerprint density at radius 3 is 2.60 bits per heavy atom. The molecule has 2 aromatic heterocycles. The molecule has 0 saturated heterocycles. The normalized spacial score (nSPS) is 13.1. The molecule has 0 fully saturated rings. The van der Waals surface area contributed by atoms with Crippen molar-refractivity contribution in [3.8, 4) is 0 Å². The molecule has 15 heavy (non-hydrogen) atoms. The monoisotopic (exact) mass is 325 g/mol. The van der Waals surface area contributed by atoms with Crippen molar-refractivity contribution in [2.75, 3.05) is 0 Å². The first kappa shape index (κ1) is 11.5. The van der Waals surface area contributed by atoms with Crippen LogP contribution in [0.4, 0.5) is 0 Å². The smallest absolute Gasteiger partial charge is 0.174 e. The maximum Gasteiger partial charge on any atom is 0.174 e. The molecule has 0 aliphatic rings. The molecule has 0 bridgehead atoms. The molecule has 80 valence electrons. The number of hydrogen-bond acceptors (Lipinski definition) is 3. The molecular formula is C9H6BrCl2NOS. The molecule has 1 unspecified atom stereocenters. The van der Waals surface area contributed by atoms with Gasteiger partial charge in [0.2, 0.25) is 0 Å². The number of rotatable bonds is 2. The van der Waals surface area contributed by atoms with E-state index in [0.717, 1.165) is 11.1 Å². The van der Waals surface area contributed by atoms with Gasteiger partial charge in [-0.15, -0.1) is 11.3 Å². The maximum atomic E-state index is 6.05. The molecule has 1 atom stereocenters. The first-order chi connectivity index (χ1) is 7.09. The fourth-order valence-corrected chi connectivity index (χ4v) is 3.30. The molecule has 0 spiro atoms. The Morgan fingerprint density at radius 2 is 2.13 bits per heavy atom. The Balaban J connectivity index is 2.40. The number of thiophene rings is 1. The van der Waals surface area contributed by atoms with Crippen LogP contribution in [0.25, 0.3) is 0 Å². The van der Waals surface area contributed by atoms with Crippen molar-refractivity contribution < 1.29 is 4.42 Å². The van der Waals surface area contributed by atoms with E-state index in [2.05, 4.69) is 15.9 Å². The molecule has 2 aromatic rings. The second-order valence-corrected chi connectivity index (χ2v) is 5.91. The van der Waals surface area contributed by atoms with E-state index in [1.807, 2.05) is 0 Å². The van der Waals surface area contributed by atoms with Crippen LogP contribution < -0.4 is 5.73 Å². The zero-order valence-corrected chi connectivity index (χ0v) is 11.3. The van der Waals surface area contributed by atoms with Crippen LogP contribution in [0.15, 0.2) is 27.5 Å². The molecular weight excluding hydrogens is 321 g/mol. The number of hydrogen-bond donors (Lipinski definition) is 1. The predicted molar refractivity (Wildman–Crippen MR) is 66.8 cm³/mol. The summed E-state index contributed by atoms with van der Waals surface area (Å²) in [5.41, 5.74) is 7.72. The van der Waals surface area contributed by atoms with E-state index < -0.39 is 0 Å². The van der Waals surface area contributed by atoms with Crippen LogP contribution in [0.5, 0.6) is 0 Å². The molecule has 0 saturated carbocycles. The molecule has 0 aliphatic carbocycles. The zero-order chi connectivity index (χ0) is 11.0. The van der Waals surface area contributed by atoms with Crippen LogP contribution >= 0.6 is 50.5 Å². The van der Waals surface area contributed by atoms with E-state index >= 15 is 0 Å². The summed E-state index contributed by atoms with van der Waals surface area (Å²) in [6.07, 6.45) is 1.57. The number of halogens is 3. The first-order valence-electron chi connectivity index (χ1n) is 4.03. The third kappa shape index (κ3) is 2.24. The van der Waals surface area contributed by atoms with Crippen LogP contribution in [0.3, 0.4) is 0 Å². The van der Waals surface area contributed by atoms with E-state index in [0.29, 0.717) is 13.3 Å². The van der Waals surface area contributed by atoms with Crippen LogP contribution in [-0.2, 0) is 0 Å². The maximum absolute atomic E-state index is 6.05. The SMILES string of the molecule is NC(c1ccoc1Br)c1cc(Cl)sc1Cl. The van der Waals surface area contributed by atoms with E-state index in [1.54, 1.807) is 18.4 Å². The largest absolute Gasteiger partial charge is 0.457 e. The van der Waals surface area contributed by atoms with E-state index in [4.69, 9.17) is 33.4 Å². The summed E-state index contributed by atoms with van der Waals surface area (Å²) in [5, 5.41) is 0. The fraction of sp³-hybridized carbons (Fsp3) is 0.111. The lowest BCUT2D eigenvalue weighted by Gasteiger charge is -2.08. The van der Waals surface area contributed by atoms with Gasteiger partial charge in [-0.2, -0.15) is 0 Å². The van der Waals surface area contributed by atoms with Crippen molar-refractivity contribution in [1.82, 2.24) is 0 Å². The zero-order valence-electron chi connectivity index (χ0n) is 7.34. The highest BCUT2D eigenvalue weighted by atomic mass is 79.9. The van der Waals surface area contributed by atoms with Crippen molar-refractivity contribution in [3.63, 3.8) is 0 Å².